The van der Waals surface area contributed by atoms with E-state index in [4.69, 9.17) is 37.7 Å². The van der Waals surface area contributed by atoms with Crippen LogP contribution >= 0.6 is 23.2 Å². The lowest BCUT2D eigenvalue weighted by Crippen LogP contribution is -2.43. The average Bonchev–Trinajstić information content (AvgIpc) is 3.39. The fourth-order valence-corrected chi connectivity index (χ4v) is 3.99. The summed E-state index contributed by atoms with van der Waals surface area (Å²) < 4.78 is 12.4. The summed E-state index contributed by atoms with van der Waals surface area (Å²) in [5.74, 6) is 0.225. The molecular formula is C19H18Cl2N4O3. The monoisotopic (exact) mass is 420 g/mol. The minimum Gasteiger partial charge on any atom is -0.467 e. The summed E-state index contributed by atoms with van der Waals surface area (Å²) in [6.07, 6.45) is 5.62. The van der Waals surface area contributed by atoms with Crippen LogP contribution in [0.3, 0.4) is 0 Å². The lowest BCUT2D eigenvalue weighted by atomic mass is 10.1. The standard InChI is InChI=1S/C19H18Cl2N4O3/c1-27-14-5-7-25(18(14)19(26)28-2)15-9-13(24-8-6-22-10-24)11-3-4-12(20)16(21)17(11)23-15/h3-4,6,8-10,14,18H,5,7H2,1-2H3/t14-,18+/m1/s1. The molecule has 0 aliphatic carbocycles. The van der Waals surface area contributed by atoms with Gasteiger partial charge in [-0.25, -0.2) is 14.8 Å². The van der Waals surface area contributed by atoms with Crippen LogP contribution in [0, 0.1) is 0 Å². The van der Waals surface area contributed by atoms with Crippen molar-refractivity contribution in [1.82, 2.24) is 14.5 Å². The summed E-state index contributed by atoms with van der Waals surface area (Å²) in [6, 6.07) is 4.92. The predicted octanol–water partition coefficient (Wildman–Crippen LogP) is 3.49. The van der Waals surface area contributed by atoms with Crippen LogP contribution in [0.2, 0.25) is 10.0 Å². The van der Waals surface area contributed by atoms with Crippen molar-refractivity contribution in [3.8, 4) is 5.69 Å². The number of carbonyl (C=O) groups excluding carboxylic acids is 1. The Balaban J connectivity index is 1.92. The lowest BCUT2D eigenvalue weighted by molar-refractivity contribution is -0.144. The van der Waals surface area contributed by atoms with Crippen molar-refractivity contribution in [1.29, 1.82) is 0 Å². The number of nitrogens with zero attached hydrogens (tertiary/aromatic N) is 4. The molecule has 1 aliphatic heterocycles. The van der Waals surface area contributed by atoms with Gasteiger partial charge in [-0.1, -0.05) is 23.2 Å². The highest BCUT2D eigenvalue weighted by atomic mass is 35.5. The second-order valence-electron chi connectivity index (χ2n) is 6.45. The number of aromatic nitrogens is 3. The number of hydrogen-bond acceptors (Lipinski definition) is 6. The smallest absolute Gasteiger partial charge is 0.331 e. The summed E-state index contributed by atoms with van der Waals surface area (Å²) in [7, 11) is 2.96. The van der Waals surface area contributed by atoms with E-state index in [2.05, 4.69) is 4.98 Å². The van der Waals surface area contributed by atoms with E-state index in [9.17, 15) is 4.79 Å². The Morgan fingerprint density at radius 3 is 2.79 bits per heavy atom. The van der Waals surface area contributed by atoms with Crippen LogP contribution in [0.15, 0.2) is 36.9 Å². The summed E-state index contributed by atoms with van der Waals surface area (Å²) in [4.78, 5) is 23.2. The molecular weight excluding hydrogens is 403 g/mol. The molecule has 7 nitrogen and oxygen atoms in total. The van der Waals surface area contributed by atoms with Gasteiger partial charge in [0.2, 0.25) is 0 Å². The van der Waals surface area contributed by atoms with Gasteiger partial charge in [-0.3, -0.25) is 0 Å². The second-order valence-corrected chi connectivity index (χ2v) is 7.24. The first kappa shape index (κ1) is 19.0. The lowest BCUT2D eigenvalue weighted by Gasteiger charge is -2.27. The first-order chi connectivity index (χ1) is 13.5. The van der Waals surface area contributed by atoms with Crippen molar-refractivity contribution in [3.63, 3.8) is 0 Å². The minimum atomic E-state index is -0.589. The molecule has 0 unspecified atom stereocenters. The Labute approximate surface area is 171 Å². The van der Waals surface area contributed by atoms with Crippen LogP contribution in [0.4, 0.5) is 5.82 Å². The van der Waals surface area contributed by atoms with Crippen molar-refractivity contribution in [2.75, 3.05) is 25.7 Å². The summed E-state index contributed by atoms with van der Waals surface area (Å²) in [5, 5.41) is 1.60. The van der Waals surface area contributed by atoms with Gasteiger partial charge in [0, 0.05) is 37.5 Å². The van der Waals surface area contributed by atoms with Gasteiger partial charge in [0.25, 0.3) is 0 Å². The van der Waals surface area contributed by atoms with Crippen molar-refractivity contribution < 1.29 is 14.3 Å². The van der Waals surface area contributed by atoms with Gasteiger partial charge in [-0.15, -0.1) is 0 Å². The Bertz CT molecular complexity index is 1030. The third-order valence-electron chi connectivity index (χ3n) is 5.00. The number of methoxy groups -OCH3 is 2. The molecule has 0 spiro atoms. The highest BCUT2D eigenvalue weighted by Gasteiger charge is 2.41. The van der Waals surface area contributed by atoms with Crippen LogP contribution in [0.25, 0.3) is 16.6 Å². The maximum absolute atomic E-state index is 12.4. The highest BCUT2D eigenvalue weighted by Crippen LogP contribution is 2.36. The van der Waals surface area contributed by atoms with Crippen molar-refractivity contribution in [2.24, 2.45) is 0 Å². The van der Waals surface area contributed by atoms with E-state index in [1.807, 2.05) is 27.8 Å². The molecule has 28 heavy (non-hydrogen) atoms. The van der Waals surface area contributed by atoms with Gasteiger partial charge in [0.1, 0.15) is 5.82 Å². The van der Waals surface area contributed by atoms with Crippen molar-refractivity contribution in [3.05, 3.63) is 47.0 Å². The molecule has 3 heterocycles. The van der Waals surface area contributed by atoms with Gasteiger partial charge < -0.3 is 18.9 Å². The van der Waals surface area contributed by atoms with Crippen LogP contribution < -0.4 is 4.90 Å². The third kappa shape index (κ3) is 3.09. The molecule has 1 aliphatic rings. The molecule has 1 saturated heterocycles. The summed E-state index contributed by atoms with van der Waals surface area (Å²) in [5.41, 5.74) is 1.39. The number of imidazole rings is 1. The number of hydrogen-bond donors (Lipinski definition) is 0. The predicted molar refractivity (Wildman–Crippen MR) is 107 cm³/mol. The zero-order valence-corrected chi connectivity index (χ0v) is 16.8. The summed E-state index contributed by atoms with van der Waals surface area (Å²) in [6.45, 7) is 0.596. The normalized spacial score (nSPS) is 19.4. The first-order valence-electron chi connectivity index (χ1n) is 8.69. The van der Waals surface area contributed by atoms with E-state index < -0.39 is 6.04 Å². The molecule has 3 aromatic rings. The molecule has 146 valence electrons. The fraction of sp³-hybridized carbons (Fsp3) is 0.316. The molecule has 4 rings (SSSR count). The van der Waals surface area contributed by atoms with Crippen LogP contribution in [0.5, 0.6) is 0 Å². The maximum atomic E-state index is 12.4. The van der Waals surface area contributed by atoms with Gasteiger partial charge >= 0.3 is 5.97 Å². The second kappa shape index (κ2) is 7.58. The molecule has 0 radical (unpaired) electrons. The maximum Gasteiger partial charge on any atom is 0.331 e. The van der Waals surface area contributed by atoms with E-state index in [1.54, 1.807) is 25.7 Å². The number of carbonyl (C=O) groups is 1. The number of anilines is 1. The molecule has 0 bridgehead atoms. The number of rotatable bonds is 4. The minimum absolute atomic E-state index is 0.281. The zero-order chi connectivity index (χ0) is 19.8. The van der Waals surface area contributed by atoms with Gasteiger partial charge in [0.05, 0.1) is 40.8 Å². The SMILES string of the molecule is COC(=O)[C@@H]1[C@H](OC)CCN1c1cc(-n2ccnc2)c2ccc(Cl)c(Cl)c2n1. The zero-order valence-electron chi connectivity index (χ0n) is 15.3. The number of ether oxygens (including phenoxy) is 2. The fourth-order valence-electron chi connectivity index (χ4n) is 3.63. The Morgan fingerprint density at radius 1 is 1.29 bits per heavy atom. The van der Waals surface area contributed by atoms with E-state index in [-0.39, 0.29) is 12.1 Å². The quantitative estimate of drug-likeness (QED) is 0.601. The number of pyridine rings is 1. The molecule has 9 heteroatoms. The van der Waals surface area contributed by atoms with Crippen LogP contribution in [-0.4, -0.2) is 53.4 Å². The first-order valence-corrected chi connectivity index (χ1v) is 9.45. The van der Waals surface area contributed by atoms with Crippen molar-refractivity contribution in [2.45, 2.75) is 18.6 Å². The van der Waals surface area contributed by atoms with E-state index in [0.29, 0.717) is 34.3 Å². The van der Waals surface area contributed by atoms with E-state index >= 15 is 0 Å². The molecule has 0 N–H and O–H groups in total. The van der Waals surface area contributed by atoms with Crippen LogP contribution in [0.1, 0.15) is 6.42 Å². The third-order valence-corrected chi connectivity index (χ3v) is 5.80. The van der Waals surface area contributed by atoms with Crippen LogP contribution in [-0.2, 0) is 14.3 Å². The number of fused-ring (bicyclic) bond motifs is 1. The van der Waals surface area contributed by atoms with Gasteiger partial charge in [-0.2, -0.15) is 0 Å². The molecule has 1 fully saturated rings. The van der Waals surface area contributed by atoms with Gasteiger partial charge in [-0.05, 0) is 18.6 Å². The largest absolute Gasteiger partial charge is 0.467 e. The van der Waals surface area contributed by atoms with Gasteiger partial charge in [0.15, 0.2) is 6.04 Å². The summed E-state index contributed by atoms with van der Waals surface area (Å²) >= 11 is 12.7. The Kier molecular flexibility index (Phi) is 5.14. The number of benzene rings is 1. The van der Waals surface area contributed by atoms with E-state index in [1.165, 1.54) is 7.11 Å². The number of esters is 1. The molecule has 1 aromatic carbocycles. The Hall–Kier alpha value is -2.35. The molecule has 2 atom stereocenters. The highest BCUT2D eigenvalue weighted by molar-refractivity contribution is 6.45. The number of halogens is 2. The topological polar surface area (TPSA) is 69.5 Å². The Morgan fingerprint density at radius 2 is 2.11 bits per heavy atom. The molecule has 2 aromatic heterocycles. The van der Waals surface area contributed by atoms with E-state index in [0.717, 1.165) is 11.1 Å². The van der Waals surface area contributed by atoms with Crippen molar-refractivity contribution >= 4 is 45.9 Å². The molecule has 0 amide bonds. The molecule has 0 saturated carbocycles. The average molecular weight is 421 g/mol.